The van der Waals surface area contributed by atoms with E-state index in [4.69, 9.17) is 9.40 Å². The summed E-state index contributed by atoms with van der Waals surface area (Å²) in [6, 6.07) is 20.2. The number of nitrogens with zero attached hydrogens (tertiary/aromatic N) is 5. The molecule has 2 aromatic carbocycles. The van der Waals surface area contributed by atoms with Gasteiger partial charge in [0.1, 0.15) is 17.7 Å². The van der Waals surface area contributed by atoms with Gasteiger partial charge in [-0.25, -0.2) is 9.97 Å². The van der Waals surface area contributed by atoms with Crippen LogP contribution in [0.1, 0.15) is 51.8 Å². The van der Waals surface area contributed by atoms with Crippen LogP contribution in [0.5, 0.6) is 0 Å². The Morgan fingerprint density at radius 2 is 1.93 bits per heavy atom. The average molecular weight is 545 g/mol. The SMILES string of the molecule is CCCn1c(-c2ccc(-n3ccnc3)cc2)cnc1C(Cc1ccccn1)NC(=O)c1cc2cc(C=O)ccc2o1. The summed E-state index contributed by atoms with van der Waals surface area (Å²) in [4.78, 5) is 38.2. The maximum absolute atomic E-state index is 13.5. The summed E-state index contributed by atoms with van der Waals surface area (Å²) in [6.45, 7) is 2.84. The lowest BCUT2D eigenvalue weighted by Gasteiger charge is -2.20. The van der Waals surface area contributed by atoms with Crippen LogP contribution in [0, 0.1) is 0 Å². The van der Waals surface area contributed by atoms with E-state index >= 15 is 0 Å². The van der Waals surface area contributed by atoms with Crippen LogP contribution in [0.25, 0.3) is 27.9 Å². The summed E-state index contributed by atoms with van der Waals surface area (Å²) < 4.78 is 9.95. The van der Waals surface area contributed by atoms with E-state index in [1.54, 1.807) is 43.0 Å². The second-order valence-electron chi connectivity index (χ2n) is 9.75. The van der Waals surface area contributed by atoms with Gasteiger partial charge in [0, 0.05) is 53.9 Å². The second-order valence-corrected chi connectivity index (χ2v) is 9.75. The van der Waals surface area contributed by atoms with Crippen molar-refractivity contribution in [2.75, 3.05) is 0 Å². The number of carbonyl (C=O) groups excluding carboxylic acids is 2. The summed E-state index contributed by atoms with van der Waals surface area (Å²) in [6.07, 6.45) is 11.1. The predicted molar refractivity (Wildman–Crippen MR) is 155 cm³/mol. The monoisotopic (exact) mass is 544 g/mol. The molecule has 0 saturated heterocycles. The van der Waals surface area contributed by atoms with E-state index in [1.807, 2.05) is 47.3 Å². The molecule has 1 amide bonds. The fraction of sp³-hybridized carbons (Fsp3) is 0.156. The fourth-order valence-corrected chi connectivity index (χ4v) is 4.98. The Labute approximate surface area is 236 Å². The van der Waals surface area contributed by atoms with Gasteiger partial charge in [0.15, 0.2) is 5.76 Å². The van der Waals surface area contributed by atoms with Gasteiger partial charge in [0.25, 0.3) is 5.91 Å². The molecule has 9 heteroatoms. The molecule has 0 saturated carbocycles. The zero-order valence-electron chi connectivity index (χ0n) is 22.5. The molecule has 0 spiro atoms. The first-order valence-electron chi connectivity index (χ1n) is 13.5. The van der Waals surface area contributed by atoms with Gasteiger partial charge in [-0.05, 0) is 60.5 Å². The smallest absolute Gasteiger partial charge is 0.287 e. The summed E-state index contributed by atoms with van der Waals surface area (Å²) in [5.41, 5.74) is 4.88. The maximum Gasteiger partial charge on any atom is 0.287 e. The van der Waals surface area contributed by atoms with E-state index in [9.17, 15) is 9.59 Å². The Kier molecular flexibility index (Phi) is 7.23. The lowest BCUT2D eigenvalue weighted by molar-refractivity contribution is 0.0907. The Balaban J connectivity index is 1.35. The molecule has 204 valence electrons. The molecule has 9 nitrogen and oxygen atoms in total. The van der Waals surface area contributed by atoms with Crippen LogP contribution < -0.4 is 5.32 Å². The highest BCUT2D eigenvalue weighted by molar-refractivity contribution is 5.97. The van der Waals surface area contributed by atoms with Gasteiger partial charge in [0.05, 0.1) is 24.3 Å². The quantitative estimate of drug-likeness (QED) is 0.218. The second kappa shape index (κ2) is 11.4. The van der Waals surface area contributed by atoms with Crippen molar-refractivity contribution in [2.45, 2.75) is 32.4 Å². The minimum absolute atomic E-state index is 0.165. The standard InChI is InChI=1S/C32H28N6O3/c1-2-14-38-28(23-7-9-26(10-8-23)37-15-13-33-21-37)19-35-31(38)27(18-25-5-3-4-12-34-25)36-32(40)30-17-24-16-22(20-39)6-11-29(24)41-30/h3-13,15-17,19-21,27H,2,14,18H2,1H3,(H,36,40). The van der Waals surface area contributed by atoms with Crippen LogP contribution in [-0.4, -0.2) is 36.3 Å². The molecular formula is C32H28N6O3. The number of furan rings is 1. The highest BCUT2D eigenvalue weighted by Gasteiger charge is 2.25. The summed E-state index contributed by atoms with van der Waals surface area (Å²) in [5, 5.41) is 3.83. The van der Waals surface area contributed by atoms with Crippen LogP contribution in [0.15, 0.2) is 102 Å². The topological polar surface area (TPSA) is 108 Å². The molecule has 4 aromatic heterocycles. The van der Waals surface area contributed by atoms with Crippen molar-refractivity contribution in [3.05, 3.63) is 121 Å². The van der Waals surface area contributed by atoms with E-state index in [0.717, 1.165) is 47.7 Å². The third-order valence-electron chi connectivity index (χ3n) is 6.96. The number of hydrogen-bond acceptors (Lipinski definition) is 6. The first kappa shape index (κ1) is 25.9. The number of aldehydes is 1. The van der Waals surface area contributed by atoms with Gasteiger partial charge in [-0.3, -0.25) is 14.6 Å². The van der Waals surface area contributed by atoms with Crippen molar-refractivity contribution >= 4 is 23.2 Å². The zero-order chi connectivity index (χ0) is 28.2. The molecule has 1 N–H and O–H groups in total. The Morgan fingerprint density at radius 3 is 2.66 bits per heavy atom. The number of hydrogen-bond donors (Lipinski definition) is 1. The van der Waals surface area contributed by atoms with Crippen molar-refractivity contribution in [3.63, 3.8) is 0 Å². The van der Waals surface area contributed by atoms with Crippen LogP contribution in [-0.2, 0) is 13.0 Å². The minimum Gasteiger partial charge on any atom is -0.451 e. The third kappa shape index (κ3) is 5.42. The van der Waals surface area contributed by atoms with Gasteiger partial charge in [-0.1, -0.05) is 25.1 Å². The number of carbonyl (C=O) groups is 2. The number of aromatic nitrogens is 5. The summed E-state index contributed by atoms with van der Waals surface area (Å²) >= 11 is 0. The zero-order valence-corrected chi connectivity index (χ0v) is 22.5. The number of fused-ring (bicyclic) bond motifs is 1. The van der Waals surface area contributed by atoms with Gasteiger partial charge >= 0.3 is 0 Å². The largest absolute Gasteiger partial charge is 0.451 e. The van der Waals surface area contributed by atoms with E-state index in [2.05, 4.69) is 38.9 Å². The molecule has 6 aromatic rings. The van der Waals surface area contributed by atoms with Crippen molar-refractivity contribution < 1.29 is 14.0 Å². The highest BCUT2D eigenvalue weighted by Crippen LogP contribution is 2.28. The van der Waals surface area contributed by atoms with E-state index in [-0.39, 0.29) is 11.7 Å². The molecule has 0 fully saturated rings. The van der Waals surface area contributed by atoms with Crippen molar-refractivity contribution in [3.8, 4) is 16.9 Å². The minimum atomic E-state index is -0.471. The van der Waals surface area contributed by atoms with Crippen LogP contribution >= 0.6 is 0 Å². The Morgan fingerprint density at radius 1 is 1.05 bits per heavy atom. The van der Waals surface area contributed by atoms with Crippen molar-refractivity contribution in [1.82, 2.24) is 29.4 Å². The van der Waals surface area contributed by atoms with E-state index < -0.39 is 6.04 Å². The van der Waals surface area contributed by atoms with Gasteiger partial charge in [-0.15, -0.1) is 0 Å². The van der Waals surface area contributed by atoms with Crippen LogP contribution in [0.2, 0.25) is 0 Å². The number of pyridine rings is 1. The third-order valence-corrected chi connectivity index (χ3v) is 6.96. The molecular weight excluding hydrogens is 516 g/mol. The van der Waals surface area contributed by atoms with E-state index in [0.29, 0.717) is 23.0 Å². The molecule has 1 atom stereocenters. The normalized spacial score (nSPS) is 11.9. The van der Waals surface area contributed by atoms with Crippen molar-refractivity contribution in [2.24, 2.45) is 0 Å². The van der Waals surface area contributed by atoms with Crippen LogP contribution in [0.4, 0.5) is 0 Å². The van der Waals surface area contributed by atoms with E-state index in [1.165, 1.54) is 0 Å². The highest BCUT2D eigenvalue weighted by atomic mass is 16.3. The average Bonchev–Trinajstić information content (AvgIpc) is 3.78. The number of imidazole rings is 2. The number of benzene rings is 2. The lowest BCUT2D eigenvalue weighted by Crippen LogP contribution is -2.32. The summed E-state index contributed by atoms with van der Waals surface area (Å²) in [7, 11) is 0. The predicted octanol–water partition coefficient (Wildman–Crippen LogP) is 5.81. The molecule has 1 unspecified atom stereocenters. The molecule has 6 rings (SSSR count). The Hall–Kier alpha value is -5.31. The summed E-state index contributed by atoms with van der Waals surface area (Å²) in [5.74, 6) is 0.531. The maximum atomic E-state index is 13.5. The molecule has 0 radical (unpaired) electrons. The lowest BCUT2D eigenvalue weighted by atomic mass is 10.1. The first-order valence-corrected chi connectivity index (χ1v) is 13.5. The molecule has 4 heterocycles. The Bertz CT molecular complexity index is 1790. The molecule has 0 bridgehead atoms. The molecule has 0 aliphatic carbocycles. The van der Waals surface area contributed by atoms with Gasteiger partial charge < -0.3 is 18.9 Å². The van der Waals surface area contributed by atoms with Crippen molar-refractivity contribution in [1.29, 1.82) is 0 Å². The number of amides is 1. The first-order chi connectivity index (χ1) is 20.1. The van der Waals surface area contributed by atoms with Gasteiger partial charge in [-0.2, -0.15) is 0 Å². The number of rotatable bonds is 10. The molecule has 0 aliphatic heterocycles. The number of nitrogens with one attached hydrogen (secondary N) is 1. The molecule has 41 heavy (non-hydrogen) atoms. The van der Waals surface area contributed by atoms with Gasteiger partial charge in [0.2, 0.25) is 0 Å². The fourth-order valence-electron chi connectivity index (χ4n) is 4.98. The van der Waals surface area contributed by atoms with Crippen LogP contribution in [0.3, 0.4) is 0 Å². The molecule has 0 aliphatic rings.